The predicted octanol–water partition coefficient (Wildman–Crippen LogP) is 2.35. The molecule has 0 amide bonds. The molecule has 0 unspecified atom stereocenters. The van der Waals surface area contributed by atoms with E-state index in [0.717, 1.165) is 12.8 Å². The molecule has 0 atom stereocenters. The molecule has 0 bridgehead atoms. The molecular formula is C15H20N4O2. The van der Waals surface area contributed by atoms with Crippen LogP contribution >= 0.6 is 0 Å². The Hall–Kier alpha value is -2.16. The van der Waals surface area contributed by atoms with Crippen molar-refractivity contribution in [3.63, 3.8) is 0 Å². The van der Waals surface area contributed by atoms with Gasteiger partial charge in [-0.3, -0.25) is 4.79 Å². The fourth-order valence-electron chi connectivity index (χ4n) is 2.73. The number of nitrogens with one attached hydrogen (secondary N) is 1. The maximum absolute atomic E-state index is 11.7. The average Bonchev–Trinajstić information content (AvgIpc) is 2.46. The molecule has 6 heteroatoms. The Morgan fingerprint density at radius 1 is 1.52 bits per heavy atom. The number of carboxylic acid groups (broad SMARTS) is 1. The molecule has 2 N–H and O–H groups in total. The van der Waals surface area contributed by atoms with Gasteiger partial charge in [-0.1, -0.05) is 6.92 Å². The Balaban J connectivity index is 2.11. The van der Waals surface area contributed by atoms with Crippen molar-refractivity contribution in [1.82, 2.24) is 9.97 Å². The number of carbonyl (C=O) groups is 1. The minimum Gasteiger partial charge on any atom is -0.481 e. The number of aromatic nitrogens is 2. The minimum absolute atomic E-state index is 0.284. The second-order valence-corrected chi connectivity index (χ2v) is 5.95. The number of anilines is 1. The van der Waals surface area contributed by atoms with Crippen molar-refractivity contribution in [3.05, 3.63) is 17.5 Å². The zero-order valence-corrected chi connectivity index (χ0v) is 12.4. The van der Waals surface area contributed by atoms with E-state index in [0.29, 0.717) is 36.9 Å². The number of nitriles is 1. The molecule has 1 aliphatic rings. The lowest BCUT2D eigenvalue weighted by Gasteiger charge is -2.35. The summed E-state index contributed by atoms with van der Waals surface area (Å²) in [5.41, 5.74) is 0.212. The van der Waals surface area contributed by atoms with E-state index in [1.54, 1.807) is 13.0 Å². The van der Waals surface area contributed by atoms with Crippen LogP contribution in [-0.2, 0) is 4.79 Å². The van der Waals surface area contributed by atoms with Crippen LogP contribution in [0.25, 0.3) is 0 Å². The highest BCUT2D eigenvalue weighted by molar-refractivity contribution is 5.75. The molecular weight excluding hydrogens is 268 g/mol. The van der Waals surface area contributed by atoms with E-state index in [2.05, 4.69) is 22.2 Å². The number of aryl methyl sites for hydroxylation is 1. The summed E-state index contributed by atoms with van der Waals surface area (Å²) >= 11 is 0. The number of aliphatic carboxylic acids is 1. The first-order valence-electron chi connectivity index (χ1n) is 7.18. The number of carboxylic acids is 1. The van der Waals surface area contributed by atoms with Crippen molar-refractivity contribution in [2.75, 3.05) is 11.9 Å². The molecule has 1 fully saturated rings. The van der Waals surface area contributed by atoms with Gasteiger partial charge < -0.3 is 10.4 Å². The molecule has 0 aliphatic heterocycles. The molecule has 21 heavy (non-hydrogen) atoms. The van der Waals surface area contributed by atoms with E-state index >= 15 is 0 Å². The van der Waals surface area contributed by atoms with E-state index in [4.69, 9.17) is 5.26 Å². The van der Waals surface area contributed by atoms with E-state index in [-0.39, 0.29) is 5.69 Å². The van der Waals surface area contributed by atoms with Crippen LogP contribution in [0.4, 0.5) is 5.95 Å². The van der Waals surface area contributed by atoms with E-state index in [1.807, 2.05) is 6.07 Å². The lowest BCUT2D eigenvalue weighted by atomic mass is 9.71. The van der Waals surface area contributed by atoms with Gasteiger partial charge in [-0.2, -0.15) is 5.26 Å². The van der Waals surface area contributed by atoms with Crippen molar-refractivity contribution in [3.8, 4) is 6.07 Å². The smallest absolute Gasteiger partial charge is 0.311 e. The average molecular weight is 288 g/mol. The van der Waals surface area contributed by atoms with E-state index < -0.39 is 11.4 Å². The third-order valence-corrected chi connectivity index (χ3v) is 4.24. The Bertz CT molecular complexity index is 572. The van der Waals surface area contributed by atoms with Gasteiger partial charge in [-0.05, 0) is 44.6 Å². The molecule has 1 saturated carbocycles. The molecule has 2 rings (SSSR count). The maximum atomic E-state index is 11.7. The summed E-state index contributed by atoms with van der Waals surface area (Å²) in [6.45, 7) is 4.23. The molecule has 0 spiro atoms. The highest BCUT2D eigenvalue weighted by Crippen LogP contribution is 2.39. The van der Waals surface area contributed by atoms with Crippen LogP contribution in [0, 0.1) is 29.6 Å². The van der Waals surface area contributed by atoms with Gasteiger partial charge in [-0.25, -0.2) is 9.97 Å². The standard InChI is InChI=1S/C15H20N4O2/c1-10-3-5-15(6-4-10,13(20)21)9-17-14-18-11(2)7-12(8-16)19-14/h7,10H,3-6,9H2,1-2H3,(H,20,21)(H,17,18,19). The third kappa shape index (κ3) is 3.48. The van der Waals surface area contributed by atoms with Crippen LogP contribution in [0.3, 0.4) is 0 Å². The normalized spacial score (nSPS) is 25.1. The quantitative estimate of drug-likeness (QED) is 0.882. The zero-order chi connectivity index (χ0) is 15.5. The fourth-order valence-corrected chi connectivity index (χ4v) is 2.73. The predicted molar refractivity (Wildman–Crippen MR) is 77.7 cm³/mol. The number of nitrogens with zero attached hydrogens (tertiary/aromatic N) is 3. The van der Waals surface area contributed by atoms with Gasteiger partial charge in [0.25, 0.3) is 0 Å². The zero-order valence-electron chi connectivity index (χ0n) is 12.4. The Morgan fingerprint density at radius 3 is 2.76 bits per heavy atom. The first-order valence-corrected chi connectivity index (χ1v) is 7.18. The van der Waals surface area contributed by atoms with Crippen molar-refractivity contribution >= 4 is 11.9 Å². The number of rotatable bonds is 4. The first kappa shape index (κ1) is 15.2. The van der Waals surface area contributed by atoms with Crippen LogP contribution in [0.5, 0.6) is 0 Å². The first-order chi connectivity index (χ1) is 9.95. The molecule has 0 saturated heterocycles. The SMILES string of the molecule is Cc1cc(C#N)nc(NCC2(C(=O)O)CCC(C)CC2)n1. The summed E-state index contributed by atoms with van der Waals surface area (Å²) in [5.74, 6) is 0.138. The van der Waals surface area contributed by atoms with Crippen LogP contribution in [0.15, 0.2) is 6.07 Å². The summed E-state index contributed by atoms with van der Waals surface area (Å²) in [6.07, 6.45) is 3.17. The van der Waals surface area contributed by atoms with Gasteiger partial charge in [0.1, 0.15) is 11.8 Å². The Labute approximate surface area is 124 Å². The van der Waals surface area contributed by atoms with Gasteiger partial charge in [0.05, 0.1) is 5.41 Å². The van der Waals surface area contributed by atoms with Crippen molar-refractivity contribution in [2.45, 2.75) is 39.5 Å². The van der Waals surface area contributed by atoms with Crippen LogP contribution in [0.1, 0.15) is 44.0 Å². The van der Waals surface area contributed by atoms with Crippen molar-refractivity contribution in [1.29, 1.82) is 5.26 Å². The second kappa shape index (κ2) is 6.08. The molecule has 1 aromatic heterocycles. The molecule has 0 aromatic carbocycles. The minimum atomic E-state index is -0.768. The highest BCUT2D eigenvalue weighted by Gasteiger charge is 2.41. The van der Waals surface area contributed by atoms with Crippen molar-refractivity contribution in [2.24, 2.45) is 11.3 Å². The summed E-state index contributed by atoms with van der Waals surface area (Å²) in [4.78, 5) is 19.9. The van der Waals surface area contributed by atoms with Crippen LogP contribution in [0.2, 0.25) is 0 Å². The molecule has 1 heterocycles. The van der Waals surface area contributed by atoms with Gasteiger partial charge in [0.2, 0.25) is 5.95 Å². The lowest BCUT2D eigenvalue weighted by Crippen LogP contribution is -2.41. The van der Waals surface area contributed by atoms with Crippen LogP contribution < -0.4 is 5.32 Å². The summed E-state index contributed by atoms with van der Waals surface area (Å²) in [7, 11) is 0. The summed E-state index contributed by atoms with van der Waals surface area (Å²) in [6, 6.07) is 3.57. The lowest BCUT2D eigenvalue weighted by molar-refractivity contribution is -0.150. The van der Waals surface area contributed by atoms with Gasteiger partial charge in [-0.15, -0.1) is 0 Å². The largest absolute Gasteiger partial charge is 0.481 e. The summed E-state index contributed by atoms with van der Waals surface area (Å²) < 4.78 is 0. The number of hydrogen-bond acceptors (Lipinski definition) is 5. The third-order valence-electron chi connectivity index (χ3n) is 4.24. The highest BCUT2D eigenvalue weighted by atomic mass is 16.4. The molecule has 1 aliphatic carbocycles. The monoisotopic (exact) mass is 288 g/mol. The summed E-state index contributed by atoms with van der Waals surface area (Å²) in [5, 5.41) is 21.5. The fraction of sp³-hybridized carbons (Fsp3) is 0.600. The van der Waals surface area contributed by atoms with Gasteiger partial charge in [0, 0.05) is 12.2 Å². The van der Waals surface area contributed by atoms with Crippen LogP contribution in [-0.4, -0.2) is 27.6 Å². The molecule has 6 nitrogen and oxygen atoms in total. The number of hydrogen-bond donors (Lipinski definition) is 2. The molecule has 112 valence electrons. The van der Waals surface area contributed by atoms with E-state index in [9.17, 15) is 9.90 Å². The van der Waals surface area contributed by atoms with Crippen molar-refractivity contribution < 1.29 is 9.90 Å². The Kier molecular flexibility index (Phi) is 4.41. The topological polar surface area (TPSA) is 98.9 Å². The Morgan fingerprint density at radius 2 is 2.19 bits per heavy atom. The van der Waals surface area contributed by atoms with E-state index in [1.165, 1.54) is 0 Å². The molecule has 1 aromatic rings. The molecule has 0 radical (unpaired) electrons. The van der Waals surface area contributed by atoms with Gasteiger partial charge in [0.15, 0.2) is 0 Å². The van der Waals surface area contributed by atoms with Gasteiger partial charge >= 0.3 is 5.97 Å². The second-order valence-electron chi connectivity index (χ2n) is 5.95. The maximum Gasteiger partial charge on any atom is 0.311 e.